The number of carbonyl (C=O) groups excluding carboxylic acids is 1. The molecule has 0 fully saturated rings. The van der Waals surface area contributed by atoms with Crippen LogP contribution in [-0.4, -0.2) is 56.4 Å². The zero-order chi connectivity index (χ0) is 15.1. The summed E-state index contributed by atoms with van der Waals surface area (Å²) >= 11 is 0. The van der Waals surface area contributed by atoms with E-state index in [1.54, 1.807) is 18.2 Å². The van der Waals surface area contributed by atoms with Crippen molar-refractivity contribution in [2.45, 2.75) is 13.3 Å². The van der Waals surface area contributed by atoms with Gasteiger partial charge in [-0.05, 0) is 52.8 Å². The van der Waals surface area contributed by atoms with Crippen LogP contribution in [0.4, 0.5) is 4.39 Å². The minimum absolute atomic E-state index is 0.123. The monoisotopic (exact) mass is 280 g/mol. The quantitative estimate of drug-likeness (QED) is 0.684. The Morgan fingerprint density at radius 1 is 1.20 bits per heavy atom. The maximum Gasteiger partial charge on any atom is 0.169 e. The van der Waals surface area contributed by atoms with Crippen LogP contribution in [0.5, 0.6) is 0 Å². The molecule has 0 amide bonds. The highest BCUT2D eigenvalue weighted by molar-refractivity contribution is 5.98. The van der Waals surface area contributed by atoms with Crippen molar-refractivity contribution >= 4 is 5.78 Å². The smallest absolute Gasteiger partial charge is 0.169 e. The third kappa shape index (κ3) is 5.39. The number of hydrogen-bond donors (Lipinski definition) is 0. The summed E-state index contributed by atoms with van der Waals surface area (Å²) in [6.45, 7) is 4.48. The van der Waals surface area contributed by atoms with Crippen molar-refractivity contribution in [1.82, 2.24) is 9.80 Å². The van der Waals surface area contributed by atoms with Gasteiger partial charge in [-0.3, -0.25) is 4.79 Å². The third-order valence-electron chi connectivity index (χ3n) is 3.32. The number of carbonyl (C=O) groups is 1. The van der Waals surface area contributed by atoms with Gasteiger partial charge in [-0.25, -0.2) is 4.39 Å². The van der Waals surface area contributed by atoms with Crippen LogP contribution in [0.2, 0.25) is 0 Å². The molecule has 1 aromatic carbocycles. The molecule has 1 unspecified atom stereocenters. The van der Waals surface area contributed by atoms with E-state index in [2.05, 4.69) is 9.80 Å². The lowest BCUT2D eigenvalue weighted by Crippen LogP contribution is -2.31. The first-order chi connectivity index (χ1) is 9.41. The van der Waals surface area contributed by atoms with Gasteiger partial charge in [0.25, 0.3) is 0 Å². The molecular weight excluding hydrogens is 255 g/mol. The highest BCUT2D eigenvalue weighted by Crippen LogP contribution is 2.13. The van der Waals surface area contributed by atoms with Crippen molar-refractivity contribution in [3.63, 3.8) is 0 Å². The topological polar surface area (TPSA) is 23.6 Å². The second-order valence-corrected chi connectivity index (χ2v) is 5.66. The predicted octanol–water partition coefficient (Wildman–Crippen LogP) is 2.53. The fourth-order valence-corrected chi connectivity index (χ4v) is 2.23. The van der Waals surface area contributed by atoms with Crippen molar-refractivity contribution in [2.75, 3.05) is 40.8 Å². The molecule has 0 spiro atoms. The van der Waals surface area contributed by atoms with Crippen LogP contribution in [0.1, 0.15) is 23.7 Å². The summed E-state index contributed by atoms with van der Waals surface area (Å²) in [4.78, 5) is 16.5. The van der Waals surface area contributed by atoms with Crippen LogP contribution in [0, 0.1) is 11.7 Å². The Morgan fingerprint density at radius 2 is 1.85 bits per heavy atom. The molecule has 0 aliphatic rings. The molecule has 20 heavy (non-hydrogen) atoms. The van der Waals surface area contributed by atoms with Gasteiger partial charge >= 0.3 is 0 Å². The fourth-order valence-electron chi connectivity index (χ4n) is 2.23. The Labute approximate surface area is 121 Å². The lowest BCUT2D eigenvalue weighted by Gasteiger charge is -2.21. The number of Topliss-reactive ketones (excluding diaryl/α,β-unsaturated/α-hetero) is 1. The molecule has 0 saturated carbocycles. The van der Waals surface area contributed by atoms with Gasteiger partial charge < -0.3 is 9.80 Å². The van der Waals surface area contributed by atoms with Gasteiger partial charge in [0.05, 0.1) is 5.56 Å². The molecule has 3 nitrogen and oxygen atoms in total. The van der Waals surface area contributed by atoms with Crippen molar-refractivity contribution in [2.24, 2.45) is 5.92 Å². The van der Waals surface area contributed by atoms with E-state index in [0.29, 0.717) is 6.54 Å². The standard InChI is InChI=1S/C16H25FN2O/c1-13(12-19(4)11-7-10-18(2)3)16(20)14-8-5-6-9-15(14)17/h5-6,8-9,13H,7,10-12H2,1-4H3. The van der Waals surface area contributed by atoms with Crippen LogP contribution in [0.15, 0.2) is 24.3 Å². The normalized spacial score (nSPS) is 12.9. The van der Waals surface area contributed by atoms with Gasteiger partial charge in [-0.1, -0.05) is 19.1 Å². The lowest BCUT2D eigenvalue weighted by atomic mass is 9.98. The molecule has 1 atom stereocenters. The van der Waals surface area contributed by atoms with Crippen LogP contribution >= 0.6 is 0 Å². The lowest BCUT2D eigenvalue weighted by molar-refractivity contribution is 0.0898. The number of ketones is 1. The van der Waals surface area contributed by atoms with E-state index in [4.69, 9.17) is 0 Å². The van der Waals surface area contributed by atoms with Gasteiger partial charge in [0.15, 0.2) is 5.78 Å². The summed E-state index contributed by atoms with van der Waals surface area (Å²) in [7, 11) is 6.09. The molecule has 0 aromatic heterocycles. The SMILES string of the molecule is CC(CN(C)CCCN(C)C)C(=O)c1ccccc1F. The summed E-state index contributed by atoms with van der Waals surface area (Å²) in [6, 6.07) is 6.19. The van der Waals surface area contributed by atoms with E-state index in [-0.39, 0.29) is 17.3 Å². The van der Waals surface area contributed by atoms with Crippen LogP contribution in [0.3, 0.4) is 0 Å². The third-order valence-corrected chi connectivity index (χ3v) is 3.32. The highest BCUT2D eigenvalue weighted by atomic mass is 19.1. The van der Waals surface area contributed by atoms with Gasteiger partial charge in [-0.2, -0.15) is 0 Å². The maximum atomic E-state index is 13.6. The van der Waals surface area contributed by atoms with Gasteiger partial charge in [0, 0.05) is 12.5 Å². The van der Waals surface area contributed by atoms with Gasteiger partial charge in [-0.15, -0.1) is 0 Å². The Morgan fingerprint density at radius 3 is 2.45 bits per heavy atom. The minimum atomic E-state index is -0.431. The highest BCUT2D eigenvalue weighted by Gasteiger charge is 2.19. The van der Waals surface area contributed by atoms with Crippen LogP contribution < -0.4 is 0 Å². The fraction of sp³-hybridized carbons (Fsp3) is 0.562. The zero-order valence-corrected chi connectivity index (χ0v) is 12.9. The van der Waals surface area contributed by atoms with E-state index in [9.17, 15) is 9.18 Å². The van der Waals surface area contributed by atoms with Crippen LogP contribution in [0.25, 0.3) is 0 Å². The van der Waals surface area contributed by atoms with Crippen molar-refractivity contribution < 1.29 is 9.18 Å². The Hall–Kier alpha value is -1.26. The molecule has 0 N–H and O–H groups in total. The minimum Gasteiger partial charge on any atom is -0.309 e. The first-order valence-electron chi connectivity index (χ1n) is 7.04. The largest absolute Gasteiger partial charge is 0.309 e. The average molecular weight is 280 g/mol. The summed E-state index contributed by atoms with van der Waals surface area (Å²) in [5.74, 6) is -0.751. The first kappa shape index (κ1) is 16.8. The van der Waals surface area contributed by atoms with E-state index >= 15 is 0 Å². The van der Waals surface area contributed by atoms with E-state index in [1.165, 1.54) is 6.07 Å². The zero-order valence-electron chi connectivity index (χ0n) is 12.9. The van der Waals surface area contributed by atoms with E-state index in [0.717, 1.165) is 19.5 Å². The van der Waals surface area contributed by atoms with Crippen molar-refractivity contribution in [3.05, 3.63) is 35.6 Å². The Bertz CT molecular complexity index is 434. The molecule has 112 valence electrons. The number of halogens is 1. The van der Waals surface area contributed by atoms with Gasteiger partial charge in [0.2, 0.25) is 0 Å². The van der Waals surface area contributed by atoms with Crippen molar-refractivity contribution in [3.8, 4) is 0 Å². The van der Waals surface area contributed by atoms with E-state index < -0.39 is 5.82 Å². The molecule has 0 bridgehead atoms. The molecule has 0 aliphatic carbocycles. The van der Waals surface area contributed by atoms with Crippen LogP contribution in [-0.2, 0) is 0 Å². The molecule has 0 saturated heterocycles. The van der Waals surface area contributed by atoms with Gasteiger partial charge in [0.1, 0.15) is 5.82 Å². The summed E-state index contributed by atoms with van der Waals surface area (Å²) in [5, 5.41) is 0. The molecule has 1 rings (SSSR count). The number of hydrogen-bond acceptors (Lipinski definition) is 3. The molecule has 4 heteroatoms. The average Bonchev–Trinajstić information content (AvgIpc) is 2.38. The number of nitrogens with zero attached hydrogens (tertiary/aromatic N) is 2. The molecule has 0 aliphatic heterocycles. The Balaban J connectivity index is 2.48. The molecular formula is C16H25FN2O. The first-order valence-corrected chi connectivity index (χ1v) is 7.04. The number of rotatable bonds is 8. The Kier molecular flexibility index (Phi) is 6.82. The number of benzene rings is 1. The second-order valence-electron chi connectivity index (χ2n) is 5.66. The molecule has 0 radical (unpaired) electrons. The molecule has 1 aromatic rings. The summed E-state index contributed by atoms with van der Waals surface area (Å²) in [5.41, 5.74) is 0.196. The predicted molar refractivity (Wildman–Crippen MR) is 80.6 cm³/mol. The maximum absolute atomic E-state index is 13.6. The molecule has 0 heterocycles. The van der Waals surface area contributed by atoms with E-state index in [1.807, 2.05) is 28.1 Å². The summed E-state index contributed by atoms with van der Waals surface area (Å²) < 4.78 is 13.6. The van der Waals surface area contributed by atoms with Crippen molar-refractivity contribution in [1.29, 1.82) is 0 Å². The second kappa shape index (κ2) is 8.12. The summed E-state index contributed by atoms with van der Waals surface area (Å²) in [6.07, 6.45) is 1.06.